The molecule has 0 unspecified atom stereocenters. The van der Waals surface area contributed by atoms with Gasteiger partial charge in [0.1, 0.15) is 0 Å². The van der Waals surface area contributed by atoms with Crippen molar-refractivity contribution in [3.05, 3.63) is 0 Å². The van der Waals surface area contributed by atoms with Crippen molar-refractivity contribution in [3.8, 4) is 0 Å². The second kappa shape index (κ2) is 17.7. The second-order valence-corrected chi connectivity index (χ2v) is 2.68. The SMILES string of the molecule is O=P([O-])([O-])[O-].O=P([O-])([O-])[O-].[Ca+2].[Ca+2].[Na+].[Na+]. The van der Waals surface area contributed by atoms with Crippen LogP contribution in [0.25, 0.3) is 0 Å². The zero-order valence-electron chi connectivity index (χ0n) is 7.57. The average Bonchev–Trinajstić information content (AvgIpc) is 1.12. The number of hydrogen-bond donors (Lipinski definition) is 0. The number of rotatable bonds is 0. The number of phosphoric acid groups is 2. The summed E-state index contributed by atoms with van der Waals surface area (Å²) in [6, 6.07) is 0. The Morgan fingerprint density at radius 2 is 0.571 bits per heavy atom. The van der Waals surface area contributed by atoms with Crippen LogP contribution in [0.1, 0.15) is 0 Å². The maximum Gasteiger partial charge on any atom is 2.00 e. The predicted molar refractivity (Wildman–Crippen MR) is 26.7 cm³/mol. The van der Waals surface area contributed by atoms with Gasteiger partial charge in [0.2, 0.25) is 0 Å². The summed E-state index contributed by atoms with van der Waals surface area (Å²) in [6.45, 7) is 0. The maximum atomic E-state index is 8.55. The molecule has 0 aromatic rings. The van der Waals surface area contributed by atoms with Gasteiger partial charge in [-0.3, -0.25) is 0 Å². The van der Waals surface area contributed by atoms with Crippen molar-refractivity contribution in [2.45, 2.75) is 0 Å². The quantitative estimate of drug-likeness (QED) is 0.313. The molecule has 14 heavy (non-hydrogen) atoms. The van der Waals surface area contributed by atoms with Crippen LogP contribution in [0, 0.1) is 0 Å². The van der Waals surface area contributed by atoms with Crippen LogP contribution in [0.2, 0.25) is 0 Å². The molecule has 0 rings (SSSR count). The molecule has 0 heterocycles. The summed E-state index contributed by atoms with van der Waals surface area (Å²) in [4.78, 5) is 51.3. The van der Waals surface area contributed by atoms with E-state index in [1.807, 2.05) is 0 Å². The number of hydrogen-bond acceptors (Lipinski definition) is 8. The van der Waals surface area contributed by atoms with Crippen LogP contribution in [0.3, 0.4) is 0 Å². The molecule has 0 amide bonds. The van der Waals surface area contributed by atoms with Crippen LogP contribution in [-0.2, 0) is 9.13 Å². The topological polar surface area (TPSA) is 172 Å². The Bertz CT molecular complexity index is 136. The second-order valence-electron chi connectivity index (χ2n) is 0.894. The van der Waals surface area contributed by atoms with Gasteiger partial charge in [-0.15, -0.1) is 0 Å². The van der Waals surface area contributed by atoms with Crippen molar-refractivity contribution < 1.29 is 97.6 Å². The van der Waals surface area contributed by atoms with Crippen LogP contribution < -0.4 is 88.5 Å². The Kier molecular flexibility index (Phi) is 46.0. The van der Waals surface area contributed by atoms with Crippen LogP contribution in [-0.4, -0.2) is 75.5 Å². The summed E-state index contributed by atoms with van der Waals surface area (Å²) in [7, 11) is -10.8. The van der Waals surface area contributed by atoms with Crippen molar-refractivity contribution in [2.75, 3.05) is 0 Å². The van der Waals surface area contributed by atoms with Crippen LogP contribution in [0.15, 0.2) is 0 Å². The largest absolute Gasteiger partial charge is 2.00 e. The predicted octanol–water partition coefficient (Wildman–Crippen LogP) is -12.4. The third kappa shape index (κ3) is 185. The molecule has 0 atom stereocenters. The molecule has 0 spiro atoms. The van der Waals surface area contributed by atoms with Gasteiger partial charge in [-0.25, -0.2) is 0 Å². The average molecular weight is 316 g/mol. The van der Waals surface area contributed by atoms with Crippen molar-refractivity contribution in [1.29, 1.82) is 0 Å². The molecular formula is Ca2Na2O8P2. The first-order valence-corrected chi connectivity index (χ1v) is 4.38. The van der Waals surface area contributed by atoms with E-state index in [1.165, 1.54) is 0 Å². The fraction of sp³-hybridized carbons (Fsp3) is 0. The van der Waals surface area contributed by atoms with Gasteiger partial charge in [-0.05, 0) is 0 Å². The molecular weight excluding hydrogens is 316 g/mol. The standard InChI is InChI=1S/2Ca.2Na.2H3O4P/c;;;;2*1-5(2,3)4/h;;;;2*(H3,1,2,3,4)/q2*+2;2*+1;;/p-6. The summed E-state index contributed by atoms with van der Waals surface area (Å²) < 4.78 is 17.1. The minimum Gasteiger partial charge on any atom is -0.822 e. The Hall–Kier alpha value is 4.74. The Balaban J connectivity index is -0.0000000178. The normalized spacial score (nSPS) is 8.43. The molecule has 0 saturated carbocycles. The first-order chi connectivity index (χ1) is 4.00. The van der Waals surface area contributed by atoms with E-state index in [2.05, 4.69) is 0 Å². The molecule has 0 radical (unpaired) electrons. The van der Waals surface area contributed by atoms with E-state index in [9.17, 15) is 0 Å². The molecule has 8 nitrogen and oxygen atoms in total. The van der Waals surface area contributed by atoms with Gasteiger partial charge in [-0.2, -0.15) is 15.6 Å². The summed E-state index contributed by atoms with van der Waals surface area (Å²) >= 11 is 0. The molecule has 0 bridgehead atoms. The first kappa shape index (κ1) is 36.3. The molecule has 0 N–H and O–H groups in total. The van der Waals surface area contributed by atoms with E-state index in [1.54, 1.807) is 0 Å². The van der Waals surface area contributed by atoms with Gasteiger partial charge in [0, 0.05) is 0 Å². The molecule has 64 valence electrons. The van der Waals surface area contributed by atoms with E-state index in [0.717, 1.165) is 0 Å². The van der Waals surface area contributed by atoms with Crippen LogP contribution in [0.4, 0.5) is 0 Å². The van der Waals surface area contributed by atoms with Crippen molar-refractivity contribution >= 4 is 91.1 Å². The Morgan fingerprint density at radius 1 is 0.571 bits per heavy atom. The van der Waals surface area contributed by atoms with E-state index in [0.29, 0.717) is 0 Å². The summed E-state index contributed by atoms with van der Waals surface area (Å²) in [6.07, 6.45) is 0. The zero-order chi connectivity index (χ0) is 9.00. The van der Waals surface area contributed by atoms with Gasteiger partial charge in [0.25, 0.3) is 0 Å². The van der Waals surface area contributed by atoms with Crippen molar-refractivity contribution in [2.24, 2.45) is 0 Å². The molecule has 14 heteroatoms. The zero-order valence-corrected chi connectivity index (χ0v) is 17.8. The monoisotopic (exact) mass is 316 g/mol. The minimum absolute atomic E-state index is 0. The van der Waals surface area contributed by atoms with Crippen molar-refractivity contribution in [1.82, 2.24) is 0 Å². The fourth-order valence-electron chi connectivity index (χ4n) is 0. The van der Waals surface area contributed by atoms with Crippen molar-refractivity contribution in [3.63, 3.8) is 0 Å². The Morgan fingerprint density at radius 3 is 0.571 bits per heavy atom. The minimum atomic E-state index is -5.39. The fourth-order valence-corrected chi connectivity index (χ4v) is 0. The molecule has 0 aliphatic rings. The molecule has 0 saturated heterocycles. The summed E-state index contributed by atoms with van der Waals surface area (Å²) in [5.74, 6) is 0. The van der Waals surface area contributed by atoms with Gasteiger partial charge >= 0.3 is 135 Å². The van der Waals surface area contributed by atoms with E-state index in [4.69, 9.17) is 38.5 Å². The molecule has 0 aromatic carbocycles. The van der Waals surface area contributed by atoms with E-state index >= 15 is 0 Å². The maximum absolute atomic E-state index is 8.55. The van der Waals surface area contributed by atoms with E-state index < -0.39 is 15.6 Å². The third-order valence-electron chi connectivity index (χ3n) is 0. The third-order valence-corrected chi connectivity index (χ3v) is 0. The first-order valence-electron chi connectivity index (χ1n) is 1.46. The van der Waals surface area contributed by atoms with E-state index in [-0.39, 0.29) is 135 Å². The molecule has 0 aromatic heterocycles. The van der Waals surface area contributed by atoms with Crippen LogP contribution in [0.5, 0.6) is 0 Å². The summed E-state index contributed by atoms with van der Waals surface area (Å²) in [5.41, 5.74) is 0. The van der Waals surface area contributed by atoms with Gasteiger partial charge in [0.05, 0.1) is 0 Å². The molecule has 0 aliphatic carbocycles. The molecule has 0 fully saturated rings. The summed E-state index contributed by atoms with van der Waals surface area (Å²) in [5, 5.41) is 0. The van der Waals surface area contributed by atoms with Gasteiger partial charge in [-0.1, -0.05) is 0 Å². The smallest absolute Gasteiger partial charge is 0.822 e. The van der Waals surface area contributed by atoms with Gasteiger partial charge < -0.3 is 38.5 Å². The molecule has 0 aliphatic heterocycles. The Labute approximate surface area is 184 Å². The van der Waals surface area contributed by atoms with Crippen LogP contribution >= 0.6 is 15.6 Å². The van der Waals surface area contributed by atoms with Gasteiger partial charge in [0.15, 0.2) is 0 Å².